The Morgan fingerprint density at radius 1 is 1.25 bits per heavy atom. The average Bonchev–Trinajstić information content (AvgIpc) is 3.33. The van der Waals surface area contributed by atoms with Crippen LogP contribution in [0.1, 0.15) is 29.8 Å². The maximum absolute atomic E-state index is 13.1. The molecule has 1 atom stereocenters. The van der Waals surface area contributed by atoms with Crippen molar-refractivity contribution >= 4 is 16.9 Å². The molecular weight excluding hydrogens is 357 g/mol. The van der Waals surface area contributed by atoms with Crippen LogP contribution in [0.15, 0.2) is 54.9 Å². The van der Waals surface area contributed by atoms with E-state index in [0.717, 1.165) is 33.7 Å². The third-order valence-electron chi connectivity index (χ3n) is 4.77. The number of benzene rings is 1. The molecule has 4 rings (SSSR count). The van der Waals surface area contributed by atoms with Crippen molar-refractivity contribution in [1.29, 1.82) is 0 Å². The number of aromatic nitrogens is 4. The smallest absolute Gasteiger partial charge is 0.148 e. The molecule has 4 aromatic rings. The molecule has 0 aliphatic rings. The second-order valence-electron chi connectivity index (χ2n) is 6.51. The number of halogens is 1. The van der Waals surface area contributed by atoms with E-state index in [1.807, 2.05) is 36.0 Å². The fourth-order valence-corrected chi connectivity index (χ4v) is 3.38. The molecule has 0 aliphatic carbocycles. The van der Waals surface area contributed by atoms with Gasteiger partial charge in [-0.3, -0.25) is 4.68 Å². The Labute approximate surface area is 162 Å². The van der Waals surface area contributed by atoms with E-state index >= 15 is 0 Å². The first-order valence-electron chi connectivity index (χ1n) is 9.20. The van der Waals surface area contributed by atoms with E-state index in [1.165, 1.54) is 12.1 Å². The Morgan fingerprint density at radius 2 is 2.07 bits per heavy atom. The molecule has 0 bridgehead atoms. The highest BCUT2D eigenvalue weighted by Gasteiger charge is 2.22. The molecule has 0 fully saturated rings. The van der Waals surface area contributed by atoms with Gasteiger partial charge in [0.25, 0.3) is 0 Å². The number of rotatable bonds is 7. The van der Waals surface area contributed by atoms with E-state index in [1.54, 1.807) is 25.4 Å². The lowest BCUT2D eigenvalue weighted by atomic mass is 10.1. The summed E-state index contributed by atoms with van der Waals surface area (Å²) >= 11 is 0. The van der Waals surface area contributed by atoms with Crippen molar-refractivity contribution < 1.29 is 9.13 Å². The number of aromatic amines is 1. The quantitative estimate of drug-likeness (QED) is 0.503. The molecule has 144 valence electrons. The van der Waals surface area contributed by atoms with Gasteiger partial charge in [-0.15, -0.1) is 0 Å². The number of fused-ring (bicyclic) bond motifs is 1. The second-order valence-corrected chi connectivity index (χ2v) is 6.51. The number of pyridine rings is 1. The summed E-state index contributed by atoms with van der Waals surface area (Å²) in [5.41, 5.74) is 3.79. The van der Waals surface area contributed by atoms with E-state index in [4.69, 9.17) is 4.74 Å². The fourth-order valence-electron chi connectivity index (χ4n) is 3.38. The molecule has 0 radical (unpaired) electrons. The first kappa shape index (κ1) is 18.2. The zero-order valence-electron chi connectivity index (χ0n) is 15.8. The van der Waals surface area contributed by atoms with Crippen LogP contribution in [0.25, 0.3) is 11.0 Å². The molecule has 28 heavy (non-hydrogen) atoms. The highest BCUT2D eigenvalue weighted by molar-refractivity contribution is 5.80. The van der Waals surface area contributed by atoms with Crippen molar-refractivity contribution in [3.8, 4) is 0 Å². The van der Waals surface area contributed by atoms with E-state index < -0.39 is 0 Å². The van der Waals surface area contributed by atoms with Crippen LogP contribution in [0.2, 0.25) is 0 Å². The van der Waals surface area contributed by atoms with Crippen molar-refractivity contribution in [1.82, 2.24) is 19.7 Å². The summed E-state index contributed by atoms with van der Waals surface area (Å²) in [5, 5.41) is 8.98. The van der Waals surface area contributed by atoms with Gasteiger partial charge in [0.1, 0.15) is 23.4 Å². The van der Waals surface area contributed by atoms with Gasteiger partial charge >= 0.3 is 0 Å². The minimum absolute atomic E-state index is 0.238. The van der Waals surface area contributed by atoms with Crippen LogP contribution in [0.3, 0.4) is 0 Å². The van der Waals surface area contributed by atoms with Crippen molar-refractivity contribution in [2.24, 2.45) is 0 Å². The SMILES string of the molecule is CCn1nc(NCc2ccc(F)cc2)cc1C(OC)c1c[nH]c2ncccc12. The number of H-pyrrole nitrogens is 1. The topological polar surface area (TPSA) is 67.8 Å². The number of hydrogen-bond donors (Lipinski definition) is 2. The third kappa shape index (κ3) is 3.48. The van der Waals surface area contributed by atoms with Gasteiger partial charge in [-0.2, -0.15) is 5.10 Å². The summed E-state index contributed by atoms with van der Waals surface area (Å²) < 4.78 is 20.8. The van der Waals surface area contributed by atoms with E-state index in [2.05, 4.69) is 20.4 Å². The minimum Gasteiger partial charge on any atom is -0.370 e. The molecule has 1 unspecified atom stereocenters. The Morgan fingerprint density at radius 3 is 2.82 bits per heavy atom. The summed E-state index contributed by atoms with van der Waals surface area (Å²) in [5.74, 6) is 0.513. The molecule has 0 saturated heterocycles. The van der Waals surface area contributed by atoms with E-state index in [0.29, 0.717) is 13.1 Å². The number of anilines is 1. The number of ether oxygens (including phenoxy) is 1. The van der Waals surface area contributed by atoms with Crippen LogP contribution < -0.4 is 5.32 Å². The number of nitrogens with one attached hydrogen (secondary N) is 2. The molecule has 0 saturated carbocycles. The van der Waals surface area contributed by atoms with Crippen LogP contribution in [-0.4, -0.2) is 26.9 Å². The van der Waals surface area contributed by atoms with Gasteiger partial charge < -0.3 is 15.0 Å². The summed E-state index contributed by atoms with van der Waals surface area (Å²) in [7, 11) is 1.69. The normalized spacial score (nSPS) is 12.4. The number of hydrogen-bond acceptors (Lipinski definition) is 4. The van der Waals surface area contributed by atoms with Gasteiger partial charge in [0.2, 0.25) is 0 Å². The molecule has 3 aromatic heterocycles. The second kappa shape index (κ2) is 7.82. The maximum Gasteiger partial charge on any atom is 0.148 e. The predicted octanol–water partition coefficient (Wildman–Crippen LogP) is 4.27. The monoisotopic (exact) mass is 379 g/mol. The third-order valence-corrected chi connectivity index (χ3v) is 4.77. The standard InChI is InChI=1S/C21H22FN5O/c1-3-27-18(11-19(26-27)24-12-14-6-8-15(22)9-7-14)20(28-2)17-13-25-21-16(17)5-4-10-23-21/h4-11,13,20H,3,12H2,1-2H3,(H,23,25)(H,24,26). The Balaban J connectivity index is 1.61. The summed E-state index contributed by atoms with van der Waals surface area (Å²) in [6.07, 6.45) is 3.43. The molecule has 0 spiro atoms. The molecule has 0 amide bonds. The molecule has 2 N–H and O–H groups in total. The largest absolute Gasteiger partial charge is 0.370 e. The van der Waals surface area contributed by atoms with E-state index in [9.17, 15) is 4.39 Å². The fraction of sp³-hybridized carbons (Fsp3) is 0.238. The van der Waals surface area contributed by atoms with Gasteiger partial charge in [0.15, 0.2) is 0 Å². The number of nitrogens with zero attached hydrogens (tertiary/aromatic N) is 3. The number of methoxy groups -OCH3 is 1. The van der Waals surface area contributed by atoms with Crippen LogP contribution >= 0.6 is 0 Å². The zero-order chi connectivity index (χ0) is 19.5. The molecular formula is C21H22FN5O. The Hall–Kier alpha value is -3.19. The molecule has 1 aromatic carbocycles. The van der Waals surface area contributed by atoms with Gasteiger partial charge in [-0.1, -0.05) is 12.1 Å². The Kier molecular flexibility index (Phi) is 5.08. The lowest BCUT2D eigenvalue weighted by Crippen LogP contribution is -2.11. The lowest BCUT2D eigenvalue weighted by Gasteiger charge is -2.16. The van der Waals surface area contributed by atoms with Crippen molar-refractivity contribution in [2.45, 2.75) is 26.1 Å². The van der Waals surface area contributed by atoms with Crippen molar-refractivity contribution in [3.05, 3.63) is 77.5 Å². The predicted molar refractivity (Wildman–Crippen MR) is 107 cm³/mol. The zero-order valence-corrected chi connectivity index (χ0v) is 15.8. The van der Waals surface area contributed by atoms with Crippen LogP contribution in [0, 0.1) is 5.82 Å². The van der Waals surface area contributed by atoms with Crippen LogP contribution in [0.5, 0.6) is 0 Å². The van der Waals surface area contributed by atoms with Crippen LogP contribution in [0.4, 0.5) is 10.2 Å². The molecule has 3 heterocycles. The average molecular weight is 379 g/mol. The molecule has 0 aliphatic heterocycles. The Bertz CT molecular complexity index is 1070. The van der Waals surface area contributed by atoms with Gasteiger partial charge in [-0.05, 0) is 36.8 Å². The highest BCUT2D eigenvalue weighted by Crippen LogP contribution is 2.32. The molecule has 6 nitrogen and oxygen atoms in total. The lowest BCUT2D eigenvalue weighted by molar-refractivity contribution is 0.129. The van der Waals surface area contributed by atoms with Crippen molar-refractivity contribution in [3.63, 3.8) is 0 Å². The van der Waals surface area contributed by atoms with Gasteiger partial charge in [0.05, 0.1) is 5.69 Å². The van der Waals surface area contributed by atoms with Crippen LogP contribution in [-0.2, 0) is 17.8 Å². The van der Waals surface area contributed by atoms with Gasteiger partial charge in [-0.25, -0.2) is 9.37 Å². The first-order valence-corrected chi connectivity index (χ1v) is 9.20. The maximum atomic E-state index is 13.1. The van der Waals surface area contributed by atoms with E-state index in [-0.39, 0.29) is 11.9 Å². The first-order chi connectivity index (χ1) is 13.7. The molecule has 7 heteroatoms. The van der Waals surface area contributed by atoms with Gasteiger partial charge in [0, 0.05) is 49.6 Å². The number of aryl methyl sites for hydroxylation is 1. The summed E-state index contributed by atoms with van der Waals surface area (Å²) in [4.78, 5) is 7.56. The highest BCUT2D eigenvalue weighted by atomic mass is 19.1. The summed E-state index contributed by atoms with van der Waals surface area (Å²) in [6.45, 7) is 3.33. The minimum atomic E-state index is -0.272. The van der Waals surface area contributed by atoms with Crippen molar-refractivity contribution in [2.75, 3.05) is 12.4 Å². The summed E-state index contributed by atoms with van der Waals surface area (Å²) in [6, 6.07) is 12.4.